The number of carbonyl (C=O) groups is 2. The lowest BCUT2D eigenvalue weighted by Crippen LogP contribution is -2.16. The summed E-state index contributed by atoms with van der Waals surface area (Å²) in [7, 11) is 1.56. The Bertz CT molecular complexity index is 903. The number of hydrogen-bond acceptors (Lipinski definition) is 5. The number of hydrogen-bond donors (Lipinski definition) is 2. The van der Waals surface area contributed by atoms with Crippen molar-refractivity contribution in [1.29, 1.82) is 0 Å². The lowest BCUT2D eigenvalue weighted by Gasteiger charge is -1.98. The Morgan fingerprint density at radius 1 is 1.26 bits per heavy atom. The van der Waals surface area contributed by atoms with Gasteiger partial charge in [-0.25, -0.2) is 9.78 Å². The van der Waals surface area contributed by atoms with Crippen molar-refractivity contribution in [2.75, 3.05) is 5.32 Å². The van der Waals surface area contributed by atoms with E-state index in [-0.39, 0.29) is 11.3 Å². The van der Waals surface area contributed by atoms with Crippen LogP contribution in [0.25, 0.3) is 10.2 Å². The molecule has 2 aromatic heterocycles. The molecule has 0 saturated heterocycles. The number of thiazole rings is 1. The van der Waals surface area contributed by atoms with Crippen molar-refractivity contribution >= 4 is 38.6 Å². The van der Waals surface area contributed by atoms with Crippen molar-refractivity contribution in [2.45, 2.75) is 13.8 Å². The van der Waals surface area contributed by atoms with Crippen LogP contribution in [0.4, 0.5) is 5.13 Å². The highest BCUT2D eigenvalue weighted by molar-refractivity contribution is 7.22. The van der Waals surface area contributed by atoms with Crippen LogP contribution in [0.5, 0.6) is 0 Å². The maximum Gasteiger partial charge on any atom is 0.339 e. The summed E-state index contributed by atoms with van der Waals surface area (Å²) in [5, 5.41) is 16.1. The van der Waals surface area contributed by atoms with Crippen LogP contribution in [-0.4, -0.2) is 31.7 Å². The highest BCUT2D eigenvalue weighted by Crippen LogP contribution is 2.28. The largest absolute Gasteiger partial charge is 0.478 e. The number of aromatic carboxylic acids is 1. The second-order valence-corrected chi connectivity index (χ2v) is 6.28. The van der Waals surface area contributed by atoms with E-state index >= 15 is 0 Å². The molecule has 0 bridgehead atoms. The third-order valence-electron chi connectivity index (χ3n) is 3.50. The molecule has 0 radical (unpaired) electrons. The van der Waals surface area contributed by atoms with Crippen molar-refractivity contribution in [1.82, 2.24) is 14.8 Å². The standard InChI is InChI=1S/C15H14N4O3S/c1-7-4-10-11(5-8(7)2)23-15(16-10)17-13(20)12-9(14(21)22)6-19(3)18-12/h4-6H,1-3H3,(H,21,22)(H,16,17,20). The molecule has 118 valence electrons. The fraction of sp³-hybridized carbons (Fsp3) is 0.200. The molecule has 0 saturated carbocycles. The number of rotatable bonds is 3. The minimum absolute atomic E-state index is 0.133. The predicted octanol–water partition coefficient (Wildman–Crippen LogP) is 2.60. The quantitative estimate of drug-likeness (QED) is 0.769. The molecular weight excluding hydrogens is 316 g/mol. The van der Waals surface area contributed by atoms with E-state index in [0.717, 1.165) is 21.3 Å². The van der Waals surface area contributed by atoms with Crippen LogP contribution in [0.1, 0.15) is 32.0 Å². The van der Waals surface area contributed by atoms with Gasteiger partial charge in [0.1, 0.15) is 5.56 Å². The molecule has 8 heteroatoms. The first-order valence-electron chi connectivity index (χ1n) is 6.81. The molecule has 0 aliphatic rings. The van der Waals surface area contributed by atoms with Gasteiger partial charge < -0.3 is 5.11 Å². The van der Waals surface area contributed by atoms with Gasteiger partial charge in [-0.3, -0.25) is 14.8 Å². The zero-order chi connectivity index (χ0) is 16.7. The lowest BCUT2D eigenvalue weighted by molar-refractivity contribution is 0.0692. The van der Waals surface area contributed by atoms with Crippen LogP contribution in [-0.2, 0) is 7.05 Å². The van der Waals surface area contributed by atoms with Crippen molar-refractivity contribution < 1.29 is 14.7 Å². The van der Waals surface area contributed by atoms with Crippen LogP contribution in [0.2, 0.25) is 0 Å². The van der Waals surface area contributed by atoms with E-state index < -0.39 is 11.9 Å². The third-order valence-corrected chi connectivity index (χ3v) is 4.43. The number of amides is 1. The second kappa shape index (κ2) is 5.47. The number of carboxylic acid groups (broad SMARTS) is 1. The molecule has 0 unspecified atom stereocenters. The SMILES string of the molecule is Cc1cc2nc(NC(=O)c3nn(C)cc3C(=O)O)sc2cc1C. The summed E-state index contributed by atoms with van der Waals surface area (Å²) in [6.45, 7) is 4.01. The van der Waals surface area contributed by atoms with Crippen molar-refractivity contribution in [2.24, 2.45) is 7.05 Å². The zero-order valence-corrected chi connectivity index (χ0v) is 13.6. The van der Waals surface area contributed by atoms with E-state index in [4.69, 9.17) is 5.11 Å². The molecule has 23 heavy (non-hydrogen) atoms. The summed E-state index contributed by atoms with van der Waals surface area (Å²) in [6.07, 6.45) is 1.29. The topological polar surface area (TPSA) is 97.1 Å². The van der Waals surface area contributed by atoms with Crippen LogP contribution in [0, 0.1) is 13.8 Å². The minimum Gasteiger partial charge on any atom is -0.478 e. The summed E-state index contributed by atoms with van der Waals surface area (Å²) in [4.78, 5) is 27.8. The molecule has 0 aliphatic carbocycles. The molecule has 3 rings (SSSR count). The van der Waals surface area contributed by atoms with Gasteiger partial charge in [-0.1, -0.05) is 11.3 Å². The Hall–Kier alpha value is -2.74. The Balaban J connectivity index is 1.93. The predicted molar refractivity (Wildman–Crippen MR) is 87.2 cm³/mol. The Kier molecular flexibility index (Phi) is 3.61. The van der Waals surface area contributed by atoms with E-state index in [1.807, 2.05) is 26.0 Å². The lowest BCUT2D eigenvalue weighted by atomic mass is 10.1. The normalized spacial score (nSPS) is 10.9. The molecule has 0 atom stereocenters. The van der Waals surface area contributed by atoms with Crippen molar-refractivity contribution in [3.8, 4) is 0 Å². The summed E-state index contributed by atoms with van der Waals surface area (Å²) in [6, 6.07) is 3.97. The van der Waals surface area contributed by atoms with Gasteiger partial charge in [0.05, 0.1) is 10.2 Å². The first-order valence-corrected chi connectivity index (χ1v) is 7.63. The highest BCUT2D eigenvalue weighted by atomic mass is 32.1. The van der Waals surface area contributed by atoms with Gasteiger partial charge in [-0.15, -0.1) is 0 Å². The van der Waals surface area contributed by atoms with Crippen molar-refractivity contribution in [3.05, 3.63) is 40.7 Å². The van der Waals surface area contributed by atoms with E-state index in [1.54, 1.807) is 7.05 Å². The number of carboxylic acids is 1. The van der Waals surface area contributed by atoms with Gasteiger partial charge in [0.2, 0.25) is 0 Å². The number of nitrogens with zero attached hydrogens (tertiary/aromatic N) is 3. The van der Waals surface area contributed by atoms with Gasteiger partial charge in [-0.05, 0) is 37.1 Å². The maximum atomic E-state index is 12.3. The van der Waals surface area contributed by atoms with Crippen LogP contribution >= 0.6 is 11.3 Å². The molecular formula is C15H14N4O3S. The van der Waals surface area contributed by atoms with E-state index in [2.05, 4.69) is 15.4 Å². The van der Waals surface area contributed by atoms with Gasteiger partial charge in [-0.2, -0.15) is 5.10 Å². The molecule has 7 nitrogen and oxygen atoms in total. The summed E-state index contributed by atoms with van der Waals surface area (Å²) in [5.74, 6) is -1.78. The van der Waals surface area contributed by atoms with E-state index in [9.17, 15) is 9.59 Å². The molecule has 2 N–H and O–H groups in total. The third kappa shape index (κ3) is 2.80. The van der Waals surface area contributed by atoms with Crippen LogP contribution < -0.4 is 5.32 Å². The van der Waals surface area contributed by atoms with E-state index in [0.29, 0.717) is 5.13 Å². The first kappa shape index (κ1) is 15.2. The summed E-state index contributed by atoms with van der Waals surface area (Å²) >= 11 is 1.34. The van der Waals surface area contributed by atoms with Gasteiger partial charge in [0.25, 0.3) is 5.91 Å². The number of carbonyl (C=O) groups excluding carboxylic acids is 1. The molecule has 3 aromatic rings. The maximum absolute atomic E-state index is 12.3. The minimum atomic E-state index is -1.20. The van der Waals surface area contributed by atoms with Gasteiger partial charge in [0, 0.05) is 13.2 Å². The molecule has 0 fully saturated rings. The number of nitrogens with one attached hydrogen (secondary N) is 1. The zero-order valence-electron chi connectivity index (χ0n) is 12.7. The molecule has 0 spiro atoms. The summed E-state index contributed by atoms with van der Waals surface area (Å²) in [5.41, 5.74) is 2.80. The van der Waals surface area contributed by atoms with Crippen LogP contribution in [0.3, 0.4) is 0 Å². The number of benzene rings is 1. The first-order chi connectivity index (χ1) is 10.8. The Labute approximate surface area is 135 Å². The molecule has 0 aliphatic heterocycles. The molecule has 1 aromatic carbocycles. The number of anilines is 1. The molecule has 2 heterocycles. The fourth-order valence-corrected chi connectivity index (χ4v) is 3.14. The second-order valence-electron chi connectivity index (χ2n) is 5.25. The van der Waals surface area contributed by atoms with Gasteiger partial charge in [0.15, 0.2) is 10.8 Å². The summed E-state index contributed by atoms with van der Waals surface area (Å²) < 4.78 is 2.26. The average Bonchev–Trinajstić information content (AvgIpc) is 3.02. The average molecular weight is 330 g/mol. The highest BCUT2D eigenvalue weighted by Gasteiger charge is 2.22. The number of fused-ring (bicyclic) bond motifs is 1. The fourth-order valence-electron chi connectivity index (χ4n) is 2.20. The monoisotopic (exact) mass is 330 g/mol. The number of aromatic nitrogens is 3. The van der Waals surface area contributed by atoms with Crippen LogP contribution in [0.15, 0.2) is 18.3 Å². The molecule has 1 amide bonds. The Morgan fingerprint density at radius 3 is 2.65 bits per heavy atom. The van der Waals surface area contributed by atoms with E-state index in [1.165, 1.54) is 22.2 Å². The Morgan fingerprint density at radius 2 is 1.96 bits per heavy atom. The van der Waals surface area contributed by atoms with Crippen molar-refractivity contribution in [3.63, 3.8) is 0 Å². The smallest absolute Gasteiger partial charge is 0.339 e. The van der Waals surface area contributed by atoms with Gasteiger partial charge >= 0.3 is 5.97 Å². The number of aryl methyl sites for hydroxylation is 3.